The molecular formula is C20H29N3O3. The predicted molar refractivity (Wildman–Crippen MR) is 97.5 cm³/mol. The molecule has 0 aromatic carbocycles. The lowest BCUT2D eigenvalue weighted by molar-refractivity contribution is -0.135. The van der Waals surface area contributed by atoms with E-state index in [9.17, 15) is 4.79 Å². The van der Waals surface area contributed by atoms with Gasteiger partial charge in [0, 0.05) is 44.6 Å². The molecule has 2 aliphatic heterocycles. The maximum Gasteiger partial charge on any atom is 0.248 e. The number of hydrogen-bond acceptors (Lipinski definition) is 5. The van der Waals surface area contributed by atoms with Gasteiger partial charge < -0.3 is 14.4 Å². The van der Waals surface area contributed by atoms with Gasteiger partial charge in [-0.1, -0.05) is 6.07 Å². The summed E-state index contributed by atoms with van der Waals surface area (Å²) in [5.74, 6) is 0.623. The summed E-state index contributed by atoms with van der Waals surface area (Å²) in [7, 11) is 0. The number of aromatic nitrogens is 1. The molecule has 1 saturated carbocycles. The lowest BCUT2D eigenvalue weighted by atomic mass is 10.1. The molecule has 1 amide bonds. The number of ether oxygens (including phenoxy) is 2. The lowest BCUT2D eigenvalue weighted by Crippen LogP contribution is -2.47. The first-order chi connectivity index (χ1) is 12.8. The van der Waals surface area contributed by atoms with Crippen molar-refractivity contribution in [3.63, 3.8) is 0 Å². The number of carbonyl (C=O) groups is 1. The van der Waals surface area contributed by atoms with Crippen molar-refractivity contribution in [2.24, 2.45) is 5.92 Å². The second kappa shape index (κ2) is 8.46. The summed E-state index contributed by atoms with van der Waals surface area (Å²) in [5, 5.41) is 0. The average Bonchev–Trinajstić information content (AvgIpc) is 3.33. The zero-order valence-electron chi connectivity index (χ0n) is 15.4. The minimum atomic E-state index is 0.146. The van der Waals surface area contributed by atoms with E-state index in [1.165, 1.54) is 5.56 Å². The summed E-state index contributed by atoms with van der Waals surface area (Å²) in [6, 6.07) is 4.58. The number of hydrogen-bond donors (Lipinski definition) is 0. The van der Waals surface area contributed by atoms with Crippen molar-refractivity contribution in [2.45, 2.75) is 44.4 Å². The van der Waals surface area contributed by atoms with Crippen LogP contribution >= 0.6 is 0 Å². The monoisotopic (exact) mass is 359 g/mol. The number of fused-ring (bicyclic) bond motifs is 1. The molecule has 0 N–H and O–H groups in total. The van der Waals surface area contributed by atoms with Gasteiger partial charge in [0.25, 0.3) is 0 Å². The molecule has 0 radical (unpaired) electrons. The standard InChI is InChI=1S/C20H29N3O3/c24-20(22-6-1-2-7-22)15-25-14-17-10-18-19(11-17)26-9-8-23(18)13-16-4-3-5-21-12-16/h3-5,12,17-19H,1-2,6-11,13-15H2/t17-,18+,19+/m0/s1. The van der Waals surface area contributed by atoms with Gasteiger partial charge in [-0.05, 0) is 43.2 Å². The lowest BCUT2D eigenvalue weighted by Gasteiger charge is -2.37. The Balaban J connectivity index is 1.25. The number of morpholine rings is 1. The fourth-order valence-electron chi connectivity index (χ4n) is 4.55. The maximum absolute atomic E-state index is 12.1. The van der Waals surface area contributed by atoms with Gasteiger partial charge in [-0.15, -0.1) is 0 Å². The van der Waals surface area contributed by atoms with Crippen molar-refractivity contribution in [3.8, 4) is 0 Å². The van der Waals surface area contributed by atoms with Gasteiger partial charge in [0.2, 0.25) is 5.91 Å². The summed E-state index contributed by atoms with van der Waals surface area (Å²) < 4.78 is 11.8. The Bertz CT molecular complexity index is 591. The van der Waals surface area contributed by atoms with Gasteiger partial charge in [-0.3, -0.25) is 14.7 Å². The van der Waals surface area contributed by atoms with E-state index in [-0.39, 0.29) is 12.5 Å². The van der Waals surface area contributed by atoms with Crippen LogP contribution in [0.2, 0.25) is 0 Å². The van der Waals surface area contributed by atoms with E-state index in [0.717, 1.165) is 58.5 Å². The Morgan fingerprint density at radius 1 is 1.27 bits per heavy atom. The Hall–Kier alpha value is -1.50. The molecule has 3 atom stereocenters. The van der Waals surface area contributed by atoms with Crippen molar-refractivity contribution in [1.82, 2.24) is 14.8 Å². The Morgan fingerprint density at radius 3 is 2.96 bits per heavy atom. The number of amides is 1. The highest BCUT2D eigenvalue weighted by atomic mass is 16.5. The van der Waals surface area contributed by atoms with Crippen LogP contribution in [0.1, 0.15) is 31.2 Å². The Morgan fingerprint density at radius 2 is 2.15 bits per heavy atom. The van der Waals surface area contributed by atoms with Gasteiger partial charge in [-0.25, -0.2) is 0 Å². The molecule has 1 aromatic heterocycles. The molecule has 3 aliphatic rings. The molecule has 4 rings (SSSR count). The number of nitrogens with zero attached hydrogens (tertiary/aromatic N) is 3. The van der Waals surface area contributed by atoms with Crippen LogP contribution in [0.3, 0.4) is 0 Å². The smallest absolute Gasteiger partial charge is 0.248 e. The number of likely N-dealkylation sites (tertiary alicyclic amines) is 1. The van der Waals surface area contributed by atoms with Crippen LogP contribution < -0.4 is 0 Å². The summed E-state index contributed by atoms with van der Waals surface area (Å²) >= 11 is 0. The summed E-state index contributed by atoms with van der Waals surface area (Å²) in [5.41, 5.74) is 1.25. The molecule has 6 nitrogen and oxygen atoms in total. The van der Waals surface area contributed by atoms with Gasteiger partial charge in [0.15, 0.2) is 0 Å². The largest absolute Gasteiger partial charge is 0.375 e. The second-order valence-electron chi connectivity index (χ2n) is 7.75. The fraction of sp³-hybridized carbons (Fsp3) is 0.700. The molecule has 2 saturated heterocycles. The first-order valence-electron chi connectivity index (χ1n) is 9.89. The van der Waals surface area contributed by atoms with E-state index < -0.39 is 0 Å². The van der Waals surface area contributed by atoms with Crippen LogP contribution in [0, 0.1) is 5.92 Å². The quantitative estimate of drug-likeness (QED) is 0.774. The molecule has 0 unspecified atom stereocenters. The average molecular weight is 359 g/mol. The highest BCUT2D eigenvalue weighted by Gasteiger charge is 2.41. The third-order valence-corrected chi connectivity index (χ3v) is 5.90. The third-order valence-electron chi connectivity index (χ3n) is 5.90. The summed E-state index contributed by atoms with van der Waals surface area (Å²) in [6.45, 7) is 5.38. The Kier molecular flexibility index (Phi) is 5.82. The normalized spacial score (nSPS) is 29.1. The number of carbonyl (C=O) groups excluding carboxylic acids is 1. The topological polar surface area (TPSA) is 54.9 Å². The van der Waals surface area contributed by atoms with E-state index in [1.54, 1.807) is 0 Å². The van der Waals surface area contributed by atoms with Crippen LogP contribution in [-0.4, -0.2) is 72.3 Å². The van der Waals surface area contributed by atoms with Crippen LogP contribution in [0.4, 0.5) is 0 Å². The molecule has 26 heavy (non-hydrogen) atoms. The van der Waals surface area contributed by atoms with Crippen LogP contribution in [-0.2, 0) is 20.8 Å². The third kappa shape index (κ3) is 4.24. The highest BCUT2D eigenvalue weighted by Crippen LogP contribution is 2.35. The Labute approximate surface area is 155 Å². The molecule has 1 aliphatic carbocycles. The molecule has 3 heterocycles. The van der Waals surface area contributed by atoms with Gasteiger partial charge in [0.05, 0.1) is 19.3 Å². The predicted octanol–water partition coefficient (Wildman–Crippen LogP) is 1.70. The van der Waals surface area contributed by atoms with Gasteiger partial charge >= 0.3 is 0 Å². The number of rotatable bonds is 6. The summed E-state index contributed by atoms with van der Waals surface area (Å²) in [6.07, 6.45) is 8.43. The van der Waals surface area contributed by atoms with Crippen molar-refractivity contribution in [3.05, 3.63) is 30.1 Å². The highest BCUT2D eigenvalue weighted by molar-refractivity contribution is 5.77. The van der Waals surface area contributed by atoms with E-state index in [2.05, 4.69) is 16.0 Å². The van der Waals surface area contributed by atoms with Gasteiger partial charge in [0.1, 0.15) is 6.61 Å². The molecule has 0 spiro atoms. The molecule has 6 heteroatoms. The maximum atomic E-state index is 12.1. The molecule has 3 fully saturated rings. The second-order valence-corrected chi connectivity index (χ2v) is 7.75. The number of pyridine rings is 1. The zero-order chi connectivity index (χ0) is 17.8. The van der Waals surface area contributed by atoms with Crippen LogP contribution in [0.15, 0.2) is 24.5 Å². The fourth-order valence-corrected chi connectivity index (χ4v) is 4.55. The van der Waals surface area contributed by atoms with Crippen molar-refractivity contribution in [1.29, 1.82) is 0 Å². The van der Waals surface area contributed by atoms with E-state index in [0.29, 0.717) is 24.7 Å². The molecule has 142 valence electrons. The minimum Gasteiger partial charge on any atom is -0.375 e. The summed E-state index contributed by atoms with van der Waals surface area (Å²) in [4.78, 5) is 20.8. The van der Waals surface area contributed by atoms with Crippen molar-refractivity contribution in [2.75, 3.05) is 39.5 Å². The van der Waals surface area contributed by atoms with Crippen LogP contribution in [0.5, 0.6) is 0 Å². The first kappa shape index (κ1) is 17.9. The molecule has 1 aromatic rings. The molecule has 0 bridgehead atoms. The zero-order valence-corrected chi connectivity index (χ0v) is 15.4. The minimum absolute atomic E-state index is 0.146. The van der Waals surface area contributed by atoms with Crippen molar-refractivity contribution < 1.29 is 14.3 Å². The van der Waals surface area contributed by atoms with Gasteiger partial charge in [-0.2, -0.15) is 0 Å². The SMILES string of the molecule is O=C(COC[C@H]1C[C@@H]2[C@@H](C1)OCCN2Cc1cccnc1)N1CCCC1. The first-order valence-corrected chi connectivity index (χ1v) is 9.89. The van der Waals surface area contributed by atoms with Crippen LogP contribution in [0.25, 0.3) is 0 Å². The van der Waals surface area contributed by atoms with E-state index in [1.807, 2.05) is 23.4 Å². The van der Waals surface area contributed by atoms with E-state index in [4.69, 9.17) is 9.47 Å². The van der Waals surface area contributed by atoms with E-state index >= 15 is 0 Å². The van der Waals surface area contributed by atoms with Crippen molar-refractivity contribution >= 4 is 5.91 Å². The molecular weight excluding hydrogens is 330 g/mol.